The van der Waals surface area contributed by atoms with Crippen LogP contribution in [0.5, 0.6) is 0 Å². The van der Waals surface area contributed by atoms with Crippen LogP contribution in [0, 0.1) is 0 Å². The summed E-state index contributed by atoms with van der Waals surface area (Å²) in [5.74, 6) is -0.304. The van der Waals surface area contributed by atoms with Crippen LogP contribution in [0.3, 0.4) is 0 Å². The second-order valence-corrected chi connectivity index (χ2v) is 5.88. The van der Waals surface area contributed by atoms with Gasteiger partial charge in [0.15, 0.2) is 0 Å². The zero-order valence-corrected chi connectivity index (χ0v) is 13.4. The quantitative estimate of drug-likeness (QED) is 0.870. The summed E-state index contributed by atoms with van der Waals surface area (Å²) in [6, 6.07) is 7.24. The van der Waals surface area contributed by atoms with Crippen LogP contribution < -0.4 is 5.32 Å². The van der Waals surface area contributed by atoms with Crippen molar-refractivity contribution in [2.24, 2.45) is 0 Å². The summed E-state index contributed by atoms with van der Waals surface area (Å²) >= 11 is 5.84. The predicted octanol–water partition coefficient (Wildman–Crippen LogP) is 1.98. The van der Waals surface area contributed by atoms with Gasteiger partial charge in [-0.25, -0.2) is 0 Å². The van der Waals surface area contributed by atoms with E-state index in [1.807, 2.05) is 12.1 Å². The van der Waals surface area contributed by atoms with Gasteiger partial charge in [0.2, 0.25) is 11.8 Å². The van der Waals surface area contributed by atoms with Gasteiger partial charge in [-0.15, -0.1) is 0 Å². The van der Waals surface area contributed by atoms with E-state index in [1.54, 1.807) is 12.1 Å². The Bertz CT molecular complexity index is 513. The number of rotatable bonds is 6. The van der Waals surface area contributed by atoms with E-state index in [2.05, 4.69) is 5.32 Å². The molecule has 1 heterocycles. The third-order valence-electron chi connectivity index (χ3n) is 3.62. The molecule has 5 nitrogen and oxygen atoms in total. The fraction of sp³-hybridized carbons (Fsp3) is 0.500. The highest BCUT2D eigenvalue weighted by molar-refractivity contribution is 6.30. The second kappa shape index (κ2) is 8.15. The van der Waals surface area contributed by atoms with Crippen molar-refractivity contribution in [2.45, 2.75) is 32.4 Å². The van der Waals surface area contributed by atoms with Crippen molar-refractivity contribution in [1.29, 1.82) is 0 Å². The number of hydrogen-bond donors (Lipinski definition) is 1. The lowest BCUT2D eigenvalue weighted by Gasteiger charge is -2.21. The lowest BCUT2D eigenvalue weighted by molar-refractivity contribution is -0.135. The standard InChI is InChI=1S/C16H21ClN2O3/c1-12(20)19(10-13-4-6-14(17)7-5-13)11-16(21)18-9-15-3-2-8-22-15/h4-7,15H,2-3,8-11H2,1H3,(H,18,21). The number of nitrogens with zero attached hydrogens (tertiary/aromatic N) is 1. The largest absolute Gasteiger partial charge is 0.376 e. The molecule has 0 aliphatic carbocycles. The summed E-state index contributed by atoms with van der Waals surface area (Å²) in [5.41, 5.74) is 0.937. The smallest absolute Gasteiger partial charge is 0.239 e. The fourth-order valence-electron chi connectivity index (χ4n) is 2.35. The number of nitrogens with one attached hydrogen (secondary N) is 1. The van der Waals surface area contributed by atoms with Gasteiger partial charge < -0.3 is 15.0 Å². The number of carbonyl (C=O) groups is 2. The lowest BCUT2D eigenvalue weighted by Crippen LogP contribution is -2.41. The van der Waals surface area contributed by atoms with Crippen LogP contribution in [-0.4, -0.2) is 42.5 Å². The van der Waals surface area contributed by atoms with Crippen molar-refractivity contribution < 1.29 is 14.3 Å². The third kappa shape index (κ3) is 5.31. The van der Waals surface area contributed by atoms with Gasteiger partial charge >= 0.3 is 0 Å². The van der Waals surface area contributed by atoms with Gasteiger partial charge in [0.05, 0.1) is 12.6 Å². The van der Waals surface area contributed by atoms with Crippen LogP contribution in [0.25, 0.3) is 0 Å². The van der Waals surface area contributed by atoms with Crippen molar-refractivity contribution in [3.8, 4) is 0 Å². The van der Waals surface area contributed by atoms with Crippen LogP contribution in [0.15, 0.2) is 24.3 Å². The van der Waals surface area contributed by atoms with Gasteiger partial charge in [-0.1, -0.05) is 23.7 Å². The van der Waals surface area contributed by atoms with Crippen LogP contribution in [0.4, 0.5) is 0 Å². The Morgan fingerprint density at radius 1 is 1.36 bits per heavy atom. The second-order valence-electron chi connectivity index (χ2n) is 5.44. The average molecular weight is 325 g/mol. The number of halogens is 1. The number of ether oxygens (including phenoxy) is 1. The first kappa shape index (κ1) is 16.8. The van der Waals surface area contributed by atoms with Gasteiger partial charge in [-0.3, -0.25) is 9.59 Å². The Morgan fingerprint density at radius 2 is 2.09 bits per heavy atom. The first-order valence-electron chi connectivity index (χ1n) is 7.43. The summed E-state index contributed by atoms with van der Waals surface area (Å²) in [7, 11) is 0. The van der Waals surface area contributed by atoms with Crippen molar-refractivity contribution in [2.75, 3.05) is 19.7 Å². The number of benzene rings is 1. The molecule has 1 N–H and O–H groups in total. The molecule has 0 radical (unpaired) electrons. The first-order valence-corrected chi connectivity index (χ1v) is 7.80. The summed E-state index contributed by atoms with van der Waals surface area (Å²) in [6.07, 6.45) is 2.11. The zero-order valence-electron chi connectivity index (χ0n) is 12.7. The van der Waals surface area contributed by atoms with E-state index in [9.17, 15) is 9.59 Å². The normalized spacial score (nSPS) is 17.3. The van der Waals surface area contributed by atoms with Gasteiger partial charge in [0.25, 0.3) is 0 Å². The van der Waals surface area contributed by atoms with E-state index in [4.69, 9.17) is 16.3 Å². The summed E-state index contributed by atoms with van der Waals surface area (Å²) in [4.78, 5) is 25.2. The molecule has 1 aromatic carbocycles. The Labute approximate surface area is 135 Å². The zero-order chi connectivity index (χ0) is 15.9. The lowest BCUT2D eigenvalue weighted by atomic mass is 10.2. The molecule has 1 fully saturated rings. The minimum absolute atomic E-state index is 0.0463. The van der Waals surface area contributed by atoms with Gasteiger partial charge in [0, 0.05) is 31.6 Å². The van der Waals surface area contributed by atoms with E-state index in [1.165, 1.54) is 11.8 Å². The Hall–Kier alpha value is -1.59. The SMILES string of the molecule is CC(=O)N(CC(=O)NCC1CCCO1)Cc1ccc(Cl)cc1. The molecule has 22 heavy (non-hydrogen) atoms. The average Bonchev–Trinajstić information content (AvgIpc) is 3.00. The maximum Gasteiger partial charge on any atom is 0.239 e. The van der Waals surface area contributed by atoms with Crippen LogP contribution in [0.2, 0.25) is 5.02 Å². The minimum atomic E-state index is -0.167. The van der Waals surface area contributed by atoms with Gasteiger partial charge in [-0.2, -0.15) is 0 Å². The molecule has 0 saturated carbocycles. The van der Waals surface area contributed by atoms with Crippen LogP contribution in [-0.2, 0) is 20.9 Å². The maximum absolute atomic E-state index is 12.0. The van der Waals surface area contributed by atoms with E-state index >= 15 is 0 Å². The summed E-state index contributed by atoms with van der Waals surface area (Å²) in [5, 5.41) is 3.47. The molecule has 1 aliphatic heterocycles. The topological polar surface area (TPSA) is 58.6 Å². The molecule has 120 valence electrons. The molecule has 1 saturated heterocycles. The van der Waals surface area contributed by atoms with Crippen LogP contribution >= 0.6 is 11.6 Å². The summed E-state index contributed by atoms with van der Waals surface area (Å²) in [6.45, 7) is 3.16. The molecule has 2 amide bonds. The highest BCUT2D eigenvalue weighted by Crippen LogP contribution is 2.12. The molecule has 1 aliphatic rings. The highest BCUT2D eigenvalue weighted by atomic mass is 35.5. The third-order valence-corrected chi connectivity index (χ3v) is 3.87. The number of amides is 2. The molecule has 0 aromatic heterocycles. The molecule has 1 atom stereocenters. The molecule has 1 unspecified atom stereocenters. The van der Waals surface area contributed by atoms with E-state index < -0.39 is 0 Å². The minimum Gasteiger partial charge on any atom is -0.376 e. The van der Waals surface area contributed by atoms with Crippen molar-refractivity contribution >= 4 is 23.4 Å². The monoisotopic (exact) mass is 324 g/mol. The Balaban J connectivity index is 1.83. The fourth-order valence-corrected chi connectivity index (χ4v) is 2.48. The van der Waals surface area contributed by atoms with Crippen molar-refractivity contribution in [3.63, 3.8) is 0 Å². The highest BCUT2D eigenvalue weighted by Gasteiger charge is 2.18. The van der Waals surface area contributed by atoms with Gasteiger partial charge in [0.1, 0.15) is 0 Å². The molecule has 6 heteroatoms. The van der Waals surface area contributed by atoms with Crippen LogP contribution in [0.1, 0.15) is 25.3 Å². The number of hydrogen-bond acceptors (Lipinski definition) is 3. The Kier molecular flexibility index (Phi) is 6.21. The van der Waals surface area contributed by atoms with Crippen molar-refractivity contribution in [3.05, 3.63) is 34.9 Å². The maximum atomic E-state index is 12.0. The molecule has 0 spiro atoms. The Morgan fingerprint density at radius 3 is 2.68 bits per heavy atom. The molecule has 0 bridgehead atoms. The molecular weight excluding hydrogens is 304 g/mol. The van der Waals surface area contributed by atoms with Crippen molar-refractivity contribution in [1.82, 2.24) is 10.2 Å². The molecule has 2 rings (SSSR count). The predicted molar refractivity (Wildman–Crippen MR) is 84.5 cm³/mol. The van der Waals surface area contributed by atoms with E-state index in [0.29, 0.717) is 18.1 Å². The van der Waals surface area contributed by atoms with E-state index in [0.717, 1.165) is 25.0 Å². The van der Waals surface area contributed by atoms with E-state index in [-0.39, 0.29) is 24.5 Å². The summed E-state index contributed by atoms with van der Waals surface area (Å²) < 4.78 is 5.45. The number of carbonyl (C=O) groups excluding carboxylic acids is 2. The first-order chi connectivity index (χ1) is 10.5. The molecular formula is C16H21ClN2O3. The molecule has 1 aromatic rings. The van der Waals surface area contributed by atoms with Gasteiger partial charge in [-0.05, 0) is 30.5 Å².